The van der Waals surface area contributed by atoms with Gasteiger partial charge in [-0.25, -0.2) is 9.80 Å². The van der Waals surface area contributed by atoms with Crippen molar-refractivity contribution < 1.29 is 71.3 Å². The predicted molar refractivity (Wildman–Crippen MR) is 236 cm³/mol. The van der Waals surface area contributed by atoms with Crippen molar-refractivity contribution in [1.29, 1.82) is 0 Å². The number of alkyl halides is 3. The maximum absolute atomic E-state index is 14.6. The lowest BCUT2D eigenvalue weighted by Crippen LogP contribution is -2.62. The number of rotatable bonds is 23. The van der Waals surface area contributed by atoms with Gasteiger partial charge in [-0.1, -0.05) is 94.8 Å². The number of nitrogens with zero attached hydrogens (tertiary/aromatic N) is 2. The molecule has 1 aliphatic heterocycles. The number of ether oxygens (including phenoxy) is 1. The van der Waals surface area contributed by atoms with E-state index in [1.165, 1.54) is 6.92 Å². The van der Waals surface area contributed by atoms with Crippen LogP contribution in [0.3, 0.4) is 0 Å². The van der Waals surface area contributed by atoms with Crippen LogP contribution >= 0.6 is 0 Å². The van der Waals surface area contributed by atoms with Crippen LogP contribution in [0.2, 0.25) is 0 Å². The summed E-state index contributed by atoms with van der Waals surface area (Å²) in [7, 11) is 0. The average Bonchev–Trinajstić information content (AvgIpc) is 3.71. The Bertz CT molecular complexity index is 2070. The Hall–Kier alpha value is -6.78. The number of likely N-dealkylation sites (tertiary alicyclic amines) is 1. The Morgan fingerprint density at radius 2 is 1.37 bits per heavy atom. The number of hydrogen-bond donors (Lipinski definition) is 8. The van der Waals surface area contributed by atoms with Gasteiger partial charge in [0.2, 0.25) is 29.5 Å². The van der Waals surface area contributed by atoms with E-state index < -0.39 is 140 Å². The summed E-state index contributed by atoms with van der Waals surface area (Å²) in [6.07, 6.45) is -7.85. The zero-order valence-corrected chi connectivity index (χ0v) is 38.6. The number of aliphatic carboxylic acids is 2. The molecule has 3 rings (SSSR count). The number of carboxylic acids is 2. The fourth-order valence-electron chi connectivity index (χ4n) is 7.16. The van der Waals surface area contributed by atoms with Gasteiger partial charge in [0.05, 0.1) is 25.2 Å². The van der Waals surface area contributed by atoms with Crippen molar-refractivity contribution in [1.82, 2.24) is 41.9 Å². The van der Waals surface area contributed by atoms with Crippen molar-refractivity contribution in [2.24, 2.45) is 11.8 Å². The number of urea groups is 1. The van der Waals surface area contributed by atoms with Crippen LogP contribution in [0.25, 0.3) is 0 Å². The molecule has 0 aromatic heterocycles. The van der Waals surface area contributed by atoms with Crippen molar-refractivity contribution >= 4 is 53.4 Å². The van der Waals surface area contributed by atoms with Gasteiger partial charge < -0.3 is 46.4 Å². The molecule has 1 fully saturated rings. The number of hydrogen-bond acceptors (Lipinski definition) is 10. The summed E-state index contributed by atoms with van der Waals surface area (Å²) in [5, 5.41) is 30.7. The molecule has 8 N–H and O–H groups in total. The SMILES string of the molecule is CC[C@H](C)[C@H](NC(=O)[C@@H](CCC(=O)O)NC(=O)[C@H](CC(=O)O)NC(C)=O)C(=O)N[C@H](C(=O)N1C[C@H](OCc2ccccc2)C[C@H]1C(=O)NN(CC(F)(F)F)C(=O)N[C@@H](C)c1ccccc1)C(C)C. The van der Waals surface area contributed by atoms with Crippen LogP contribution in [0, 0.1) is 11.8 Å². The van der Waals surface area contributed by atoms with Gasteiger partial charge in [0.1, 0.15) is 36.8 Å². The number of halogens is 3. The summed E-state index contributed by atoms with van der Waals surface area (Å²) in [6.45, 7) is 6.84. The Balaban J connectivity index is 1.93. The van der Waals surface area contributed by atoms with Crippen molar-refractivity contribution in [2.75, 3.05) is 13.1 Å². The van der Waals surface area contributed by atoms with Crippen LogP contribution in [0.1, 0.15) is 90.8 Å². The molecule has 1 heterocycles. The van der Waals surface area contributed by atoms with E-state index >= 15 is 0 Å². The Morgan fingerprint density at radius 1 is 0.779 bits per heavy atom. The maximum atomic E-state index is 14.6. The molecule has 0 saturated carbocycles. The van der Waals surface area contributed by atoms with Gasteiger partial charge in [0.15, 0.2) is 0 Å². The highest BCUT2D eigenvalue weighted by Gasteiger charge is 2.45. The first-order chi connectivity index (χ1) is 31.9. The van der Waals surface area contributed by atoms with E-state index in [0.29, 0.717) is 5.56 Å². The average molecular weight is 963 g/mol. The van der Waals surface area contributed by atoms with E-state index in [1.54, 1.807) is 88.4 Å². The summed E-state index contributed by atoms with van der Waals surface area (Å²) in [4.78, 5) is 119. The number of hydrazine groups is 1. The number of carbonyl (C=O) groups is 9. The molecule has 8 atom stereocenters. The van der Waals surface area contributed by atoms with E-state index in [9.17, 15) is 66.5 Å². The molecule has 0 radical (unpaired) electrons. The summed E-state index contributed by atoms with van der Waals surface area (Å²) in [5.41, 5.74) is 3.36. The Morgan fingerprint density at radius 3 is 1.91 bits per heavy atom. The smallest absolute Gasteiger partial charge is 0.408 e. The molecular formula is C45H61F3N8O12. The van der Waals surface area contributed by atoms with Gasteiger partial charge in [-0.05, 0) is 36.3 Å². The zero-order valence-electron chi connectivity index (χ0n) is 38.6. The lowest BCUT2D eigenvalue weighted by Gasteiger charge is -2.33. The Labute approximate surface area is 391 Å². The summed E-state index contributed by atoms with van der Waals surface area (Å²) in [6, 6.07) is 7.44. The molecule has 1 aliphatic rings. The largest absolute Gasteiger partial charge is 0.481 e. The number of carboxylic acid groups (broad SMARTS) is 2. The fourth-order valence-corrected chi connectivity index (χ4v) is 7.16. The lowest BCUT2D eigenvalue weighted by atomic mass is 9.95. The van der Waals surface area contributed by atoms with Crippen LogP contribution in [0.5, 0.6) is 0 Å². The molecule has 1 saturated heterocycles. The summed E-state index contributed by atoms with van der Waals surface area (Å²) in [5.74, 6) is -10.1. The first-order valence-electron chi connectivity index (χ1n) is 22.0. The zero-order chi connectivity index (χ0) is 50.9. The minimum Gasteiger partial charge on any atom is -0.481 e. The standard InChI is InChI=1S/C45H61F3N8O12/c1-7-26(4)38(53-39(62)32(18-19-35(58)59)51-40(63)33(21-36(60)61)50-28(6)57)42(65)52-37(25(2)3)43(66)55-22-31(68-23-29-14-10-8-11-15-29)20-34(55)41(64)54-56(24-45(46,47)48)44(67)49-27(5)30-16-12-9-13-17-30/h8-17,25-27,31-34,37-38H,7,18-24H2,1-6H3,(H,49,67)(H,50,57)(H,51,63)(H,52,65)(H,53,62)(H,54,64)(H,58,59)(H,60,61)/t26-,27-,31+,32+,33-,34-,37-,38-/m0/s1. The first-order valence-corrected chi connectivity index (χ1v) is 22.0. The quantitative estimate of drug-likeness (QED) is 0.0747. The minimum absolute atomic E-state index is 0.0316. The van der Waals surface area contributed by atoms with Crippen LogP contribution in [-0.2, 0) is 49.7 Å². The molecule has 68 heavy (non-hydrogen) atoms. The van der Waals surface area contributed by atoms with E-state index in [1.807, 2.05) is 0 Å². The number of nitrogens with one attached hydrogen (secondary N) is 6. The molecule has 8 amide bonds. The van der Waals surface area contributed by atoms with Gasteiger partial charge in [-0.3, -0.25) is 43.8 Å². The van der Waals surface area contributed by atoms with Gasteiger partial charge >= 0.3 is 24.1 Å². The highest BCUT2D eigenvalue weighted by Crippen LogP contribution is 2.26. The second-order valence-corrected chi connectivity index (χ2v) is 16.9. The fraction of sp³-hybridized carbons (Fsp3) is 0.533. The van der Waals surface area contributed by atoms with Gasteiger partial charge in [-0.15, -0.1) is 0 Å². The summed E-state index contributed by atoms with van der Waals surface area (Å²) < 4.78 is 47.8. The molecule has 374 valence electrons. The van der Waals surface area contributed by atoms with Crippen LogP contribution < -0.4 is 32.0 Å². The van der Waals surface area contributed by atoms with E-state index in [0.717, 1.165) is 17.4 Å². The second kappa shape index (κ2) is 25.9. The molecule has 0 aliphatic carbocycles. The molecule has 2 aromatic rings. The van der Waals surface area contributed by atoms with Crippen LogP contribution in [0.4, 0.5) is 18.0 Å². The number of carbonyl (C=O) groups excluding carboxylic acids is 7. The molecule has 23 heteroatoms. The monoisotopic (exact) mass is 962 g/mol. The highest BCUT2D eigenvalue weighted by molar-refractivity contribution is 5.97. The molecule has 0 unspecified atom stereocenters. The van der Waals surface area contributed by atoms with Gasteiger partial charge in [-0.2, -0.15) is 13.2 Å². The van der Waals surface area contributed by atoms with Crippen molar-refractivity contribution in [3.8, 4) is 0 Å². The minimum atomic E-state index is -4.97. The van der Waals surface area contributed by atoms with Crippen LogP contribution in [0.15, 0.2) is 60.7 Å². The third-order valence-electron chi connectivity index (χ3n) is 11.0. The summed E-state index contributed by atoms with van der Waals surface area (Å²) >= 11 is 0. The van der Waals surface area contributed by atoms with Gasteiger partial charge in [0.25, 0.3) is 5.91 Å². The molecule has 0 spiro atoms. The third-order valence-corrected chi connectivity index (χ3v) is 11.0. The molecular weight excluding hydrogens is 902 g/mol. The second-order valence-electron chi connectivity index (χ2n) is 16.9. The predicted octanol–water partition coefficient (Wildman–Crippen LogP) is 2.54. The van der Waals surface area contributed by atoms with E-state index in [-0.39, 0.29) is 31.0 Å². The molecule has 20 nitrogen and oxygen atoms in total. The van der Waals surface area contributed by atoms with E-state index in [2.05, 4.69) is 32.0 Å². The lowest BCUT2D eigenvalue weighted by molar-refractivity contribution is -0.154. The number of benzene rings is 2. The van der Waals surface area contributed by atoms with E-state index in [4.69, 9.17) is 4.74 Å². The molecule has 2 aromatic carbocycles. The maximum Gasteiger partial charge on any atom is 0.408 e. The first kappa shape index (κ1) is 55.5. The molecule has 0 bridgehead atoms. The van der Waals surface area contributed by atoms with Gasteiger partial charge in [0, 0.05) is 26.3 Å². The third kappa shape index (κ3) is 17.8. The van der Waals surface area contributed by atoms with Crippen molar-refractivity contribution in [3.05, 3.63) is 71.8 Å². The van der Waals surface area contributed by atoms with Crippen molar-refractivity contribution in [3.63, 3.8) is 0 Å². The normalized spacial score (nSPS) is 17.3. The Kier molecular flexibility index (Phi) is 21.2. The number of amides is 8. The van der Waals surface area contributed by atoms with Crippen molar-refractivity contribution in [2.45, 2.75) is 129 Å². The van der Waals surface area contributed by atoms with Crippen LogP contribution in [-0.4, -0.2) is 129 Å². The highest BCUT2D eigenvalue weighted by atomic mass is 19.4. The topological polar surface area (TPSA) is 282 Å².